The van der Waals surface area contributed by atoms with Gasteiger partial charge in [-0.2, -0.15) is 0 Å². The predicted octanol–water partition coefficient (Wildman–Crippen LogP) is 0.385. The molecule has 5 nitrogen and oxygen atoms in total. The number of carbonyl (C=O) groups excluding carboxylic acids is 1. The van der Waals surface area contributed by atoms with E-state index in [0.29, 0.717) is 11.4 Å². The van der Waals surface area contributed by atoms with E-state index in [1.54, 1.807) is 6.07 Å². The molecule has 1 heterocycles. The van der Waals surface area contributed by atoms with Gasteiger partial charge in [-0.05, 0) is 18.2 Å². The van der Waals surface area contributed by atoms with Crippen LogP contribution in [0.2, 0.25) is 0 Å². The van der Waals surface area contributed by atoms with Crippen molar-refractivity contribution in [2.75, 3.05) is 16.8 Å². The fourth-order valence-corrected chi connectivity index (χ4v) is 2.89. The summed E-state index contributed by atoms with van der Waals surface area (Å²) >= 11 is 0. The summed E-state index contributed by atoms with van der Waals surface area (Å²) in [7, 11) is -3.40. The van der Waals surface area contributed by atoms with Crippen LogP contribution in [0.15, 0.2) is 23.1 Å². The first-order valence-electron chi connectivity index (χ1n) is 4.41. The lowest BCUT2D eigenvalue weighted by Gasteiger charge is -2.06. The van der Waals surface area contributed by atoms with Crippen molar-refractivity contribution in [1.82, 2.24) is 0 Å². The van der Waals surface area contributed by atoms with Gasteiger partial charge < -0.3 is 11.1 Å². The Hall–Kier alpha value is -1.56. The largest absolute Gasteiger partial charge is 0.399 e. The minimum atomic E-state index is -3.40. The van der Waals surface area contributed by atoms with E-state index in [1.807, 2.05) is 0 Å². The smallest absolute Gasteiger partial charge is 0.225 e. The summed E-state index contributed by atoms with van der Waals surface area (Å²) in [6.07, 6.45) is -0.0169. The van der Waals surface area contributed by atoms with Crippen LogP contribution in [-0.2, 0) is 14.6 Å². The molecule has 0 aliphatic carbocycles. The maximum absolute atomic E-state index is 11.7. The number of fused-ring (bicyclic) bond motifs is 1. The number of nitrogen functional groups attached to an aromatic ring is 1. The highest BCUT2D eigenvalue weighted by Gasteiger charge is 2.24. The first-order valence-corrected chi connectivity index (χ1v) is 6.06. The Morgan fingerprint density at radius 3 is 2.80 bits per heavy atom. The molecule has 1 aliphatic rings. The molecule has 1 aromatic carbocycles. The van der Waals surface area contributed by atoms with Gasteiger partial charge in [0.05, 0.1) is 16.3 Å². The molecule has 0 aromatic heterocycles. The standard InChI is InChI=1S/C9H10N2O3S/c10-6-1-2-7-8(5-6)15(13,14)4-3-9(12)11-7/h1-2,5H,3-4,10H2,(H,11,12). The van der Waals surface area contributed by atoms with Gasteiger partial charge in [-0.25, -0.2) is 8.42 Å². The Labute approximate surface area is 87.2 Å². The molecule has 1 amide bonds. The average Bonchev–Trinajstić information content (AvgIpc) is 2.27. The molecule has 0 atom stereocenters. The van der Waals surface area contributed by atoms with Crippen LogP contribution in [0.4, 0.5) is 11.4 Å². The number of anilines is 2. The molecule has 6 heteroatoms. The molecule has 0 saturated carbocycles. The maximum atomic E-state index is 11.7. The molecule has 15 heavy (non-hydrogen) atoms. The zero-order chi connectivity index (χ0) is 11.1. The van der Waals surface area contributed by atoms with Gasteiger partial charge in [0.15, 0.2) is 9.84 Å². The lowest BCUT2D eigenvalue weighted by atomic mass is 10.3. The number of rotatable bonds is 0. The zero-order valence-electron chi connectivity index (χ0n) is 7.86. The molecule has 1 aromatic rings. The van der Waals surface area contributed by atoms with Gasteiger partial charge in [-0.1, -0.05) is 0 Å². The van der Waals surface area contributed by atoms with Crippen LogP contribution in [0.25, 0.3) is 0 Å². The van der Waals surface area contributed by atoms with Crippen molar-refractivity contribution in [3.05, 3.63) is 18.2 Å². The van der Waals surface area contributed by atoms with Crippen molar-refractivity contribution < 1.29 is 13.2 Å². The summed E-state index contributed by atoms with van der Waals surface area (Å²) in [5.74, 6) is -0.461. The highest BCUT2D eigenvalue weighted by atomic mass is 32.2. The van der Waals surface area contributed by atoms with Crippen LogP contribution >= 0.6 is 0 Å². The van der Waals surface area contributed by atoms with E-state index in [0.717, 1.165) is 0 Å². The summed E-state index contributed by atoms with van der Waals surface area (Å²) in [6, 6.07) is 4.43. The Kier molecular flexibility index (Phi) is 2.15. The van der Waals surface area contributed by atoms with E-state index in [2.05, 4.69) is 5.32 Å². The Morgan fingerprint density at radius 1 is 1.33 bits per heavy atom. The minimum Gasteiger partial charge on any atom is -0.399 e. The van der Waals surface area contributed by atoms with E-state index < -0.39 is 9.84 Å². The topological polar surface area (TPSA) is 89.3 Å². The van der Waals surface area contributed by atoms with E-state index >= 15 is 0 Å². The number of carbonyl (C=O) groups is 1. The summed E-state index contributed by atoms with van der Waals surface area (Å²) < 4.78 is 23.5. The number of nitrogens with two attached hydrogens (primary N) is 1. The van der Waals surface area contributed by atoms with Gasteiger partial charge in [0.2, 0.25) is 5.91 Å². The second-order valence-corrected chi connectivity index (χ2v) is 5.45. The summed E-state index contributed by atoms with van der Waals surface area (Å²) in [5, 5.41) is 2.53. The van der Waals surface area contributed by atoms with Crippen molar-refractivity contribution in [3.63, 3.8) is 0 Å². The predicted molar refractivity (Wildman–Crippen MR) is 56.2 cm³/mol. The van der Waals surface area contributed by atoms with Crippen LogP contribution in [0, 0.1) is 0 Å². The summed E-state index contributed by atoms with van der Waals surface area (Å²) in [6.45, 7) is 0. The number of benzene rings is 1. The third-order valence-corrected chi connectivity index (χ3v) is 3.96. The second kappa shape index (κ2) is 3.23. The number of amides is 1. The van der Waals surface area contributed by atoms with Crippen LogP contribution in [0.5, 0.6) is 0 Å². The Bertz CT molecular complexity index is 522. The van der Waals surface area contributed by atoms with Crippen molar-refractivity contribution >= 4 is 27.1 Å². The summed E-state index contributed by atoms with van der Waals surface area (Å²) in [5.41, 5.74) is 6.19. The van der Waals surface area contributed by atoms with Crippen molar-refractivity contribution in [1.29, 1.82) is 0 Å². The van der Waals surface area contributed by atoms with Gasteiger partial charge in [-0.15, -0.1) is 0 Å². The normalized spacial score (nSPS) is 18.8. The molecule has 0 fully saturated rings. The second-order valence-electron chi connectivity index (χ2n) is 3.37. The van der Waals surface area contributed by atoms with E-state index in [-0.39, 0.29) is 23.0 Å². The third kappa shape index (κ3) is 1.80. The fourth-order valence-electron chi connectivity index (χ4n) is 1.45. The van der Waals surface area contributed by atoms with E-state index in [4.69, 9.17) is 5.73 Å². The zero-order valence-corrected chi connectivity index (χ0v) is 8.67. The van der Waals surface area contributed by atoms with E-state index in [1.165, 1.54) is 12.1 Å². The quantitative estimate of drug-likeness (QED) is 0.626. The van der Waals surface area contributed by atoms with Crippen molar-refractivity contribution in [3.8, 4) is 0 Å². The van der Waals surface area contributed by atoms with Crippen LogP contribution in [0.1, 0.15) is 6.42 Å². The fraction of sp³-hybridized carbons (Fsp3) is 0.222. The molecule has 2 rings (SSSR count). The first kappa shape index (κ1) is 9.97. The van der Waals surface area contributed by atoms with Gasteiger partial charge in [0, 0.05) is 12.1 Å². The third-order valence-electron chi connectivity index (χ3n) is 2.21. The monoisotopic (exact) mass is 226 g/mol. The van der Waals surface area contributed by atoms with Crippen molar-refractivity contribution in [2.45, 2.75) is 11.3 Å². The number of hydrogen-bond acceptors (Lipinski definition) is 4. The number of sulfone groups is 1. The molecule has 0 radical (unpaired) electrons. The van der Waals surface area contributed by atoms with Gasteiger partial charge in [-0.3, -0.25) is 4.79 Å². The highest BCUT2D eigenvalue weighted by Crippen LogP contribution is 2.27. The first-order chi connectivity index (χ1) is 6.99. The van der Waals surface area contributed by atoms with Gasteiger partial charge in [0.1, 0.15) is 0 Å². The average molecular weight is 226 g/mol. The SMILES string of the molecule is Nc1ccc2c(c1)S(=O)(=O)CCC(=O)N2. The summed E-state index contributed by atoms with van der Waals surface area (Å²) in [4.78, 5) is 11.3. The molecule has 80 valence electrons. The maximum Gasteiger partial charge on any atom is 0.225 e. The molecule has 0 unspecified atom stereocenters. The molecule has 0 saturated heterocycles. The number of hydrogen-bond donors (Lipinski definition) is 2. The molecule has 3 N–H and O–H groups in total. The van der Waals surface area contributed by atoms with Crippen LogP contribution < -0.4 is 11.1 Å². The van der Waals surface area contributed by atoms with Gasteiger partial charge >= 0.3 is 0 Å². The minimum absolute atomic E-state index is 0.0169. The van der Waals surface area contributed by atoms with Crippen LogP contribution in [0.3, 0.4) is 0 Å². The number of nitrogens with one attached hydrogen (secondary N) is 1. The molecule has 1 aliphatic heterocycles. The van der Waals surface area contributed by atoms with Gasteiger partial charge in [0.25, 0.3) is 0 Å². The molecule has 0 spiro atoms. The lowest BCUT2D eigenvalue weighted by Crippen LogP contribution is -2.10. The Balaban J connectivity index is 2.66. The highest BCUT2D eigenvalue weighted by molar-refractivity contribution is 7.91. The van der Waals surface area contributed by atoms with Crippen molar-refractivity contribution in [2.24, 2.45) is 0 Å². The molecular weight excluding hydrogens is 216 g/mol. The lowest BCUT2D eigenvalue weighted by molar-refractivity contribution is -0.115. The van der Waals surface area contributed by atoms with Crippen LogP contribution in [-0.4, -0.2) is 20.1 Å². The van der Waals surface area contributed by atoms with E-state index in [9.17, 15) is 13.2 Å². The Morgan fingerprint density at radius 2 is 2.07 bits per heavy atom. The molecule has 0 bridgehead atoms. The molecular formula is C9H10N2O3S.